The highest BCUT2D eigenvalue weighted by Crippen LogP contribution is 2.32. The molecule has 198 valence electrons. The summed E-state index contributed by atoms with van der Waals surface area (Å²) in [6, 6.07) is 18.6. The van der Waals surface area contributed by atoms with Gasteiger partial charge in [-0.3, -0.25) is 4.79 Å². The van der Waals surface area contributed by atoms with Gasteiger partial charge in [-0.2, -0.15) is 0 Å². The second-order valence-electron chi connectivity index (χ2n) is 10.5. The van der Waals surface area contributed by atoms with E-state index in [1.54, 1.807) is 27.0 Å². The van der Waals surface area contributed by atoms with Crippen LogP contribution in [0.1, 0.15) is 74.6 Å². The van der Waals surface area contributed by atoms with Gasteiger partial charge in [-0.05, 0) is 57.6 Å². The number of aldehydes is 1. The van der Waals surface area contributed by atoms with Crippen LogP contribution in [0.15, 0.2) is 66.9 Å². The van der Waals surface area contributed by atoms with Crippen molar-refractivity contribution < 1.29 is 19.4 Å². The predicted molar refractivity (Wildman–Crippen MR) is 144 cm³/mol. The molecule has 0 saturated heterocycles. The van der Waals surface area contributed by atoms with Gasteiger partial charge >= 0.3 is 5.97 Å². The highest BCUT2D eigenvalue weighted by atomic mass is 16.6. The number of aromatic nitrogens is 2. The summed E-state index contributed by atoms with van der Waals surface area (Å²) in [4.78, 5) is 32.0. The van der Waals surface area contributed by atoms with Crippen LogP contribution in [0, 0.1) is 5.92 Å². The van der Waals surface area contributed by atoms with E-state index in [1.165, 1.54) is 0 Å². The molecule has 3 aromatic rings. The van der Waals surface area contributed by atoms with Gasteiger partial charge in [-0.25, -0.2) is 4.98 Å². The number of aliphatic hydroxyl groups excluding tert-OH is 1. The van der Waals surface area contributed by atoms with Gasteiger partial charge in [0, 0.05) is 30.3 Å². The number of ether oxygens (including phenoxy) is 1. The van der Waals surface area contributed by atoms with E-state index in [0.29, 0.717) is 19.3 Å². The molecule has 0 saturated carbocycles. The normalized spacial score (nSPS) is 14.9. The Morgan fingerprint density at radius 2 is 1.76 bits per heavy atom. The van der Waals surface area contributed by atoms with Crippen LogP contribution in [0.2, 0.25) is 0 Å². The molecule has 7 nitrogen and oxygen atoms in total. The predicted octanol–water partition coefficient (Wildman–Crippen LogP) is 4.67. The molecule has 1 heterocycles. The molecule has 37 heavy (non-hydrogen) atoms. The Kier molecular flexibility index (Phi) is 10.2. The number of esters is 1. The molecule has 3 rings (SSSR count). The SMILES string of the molecule is CC(C)(C)OC(=O)[C@@H](C(N)c1ccccc1)[C@@H](O)C[C@@H](Cc1ccccc1)c1ncc(CCCC=O)[nH]1. The second-order valence-corrected chi connectivity index (χ2v) is 10.5. The lowest BCUT2D eigenvalue weighted by Gasteiger charge is -2.32. The molecule has 2 aromatic carbocycles. The largest absolute Gasteiger partial charge is 0.460 e. The Morgan fingerprint density at radius 3 is 2.38 bits per heavy atom. The van der Waals surface area contributed by atoms with Gasteiger partial charge in [0.2, 0.25) is 0 Å². The molecular formula is C30H39N3O4. The first kappa shape index (κ1) is 28.3. The molecule has 4 N–H and O–H groups in total. The van der Waals surface area contributed by atoms with Crippen molar-refractivity contribution in [2.75, 3.05) is 0 Å². The molecule has 0 radical (unpaired) electrons. The van der Waals surface area contributed by atoms with Crippen molar-refractivity contribution in [1.82, 2.24) is 9.97 Å². The van der Waals surface area contributed by atoms with Crippen molar-refractivity contribution in [3.63, 3.8) is 0 Å². The number of nitrogens with one attached hydrogen (secondary N) is 1. The fraction of sp³-hybridized carbons (Fsp3) is 0.433. The molecule has 1 unspecified atom stereocenters. The van der Waals surface area contributed by atoms with Gasteiger partial charge < -0.3 is 25.4 Å². The average molecular weight is 506 g/mol. The number of rotatable bonds is 13. The van der Waals surface area contributed by atoms with Crippen molar-refractivity contribution in [1.29, 1.82) is 0 Å². The minimum absolute atomic E-state index is 0.190. The summed E-state index contributed by atoms with van der Waals surface area (Å²) in [5, 5.41) is 11.5. The summed E-state index contributed by atoms with van der Waals surface area (Å²) in [5.74, 6) is -0.934. The summed E-state index contributed by atoms with van der Waals surface area (Å²) >= 11 is 0. The first-order valence-corrected chi connectivity index (χ1v) is 12.9. The molecule has 1 aromatic heterocycles. The summed E-state index contributed by atoms with van der Waals surface area (Å²) in [7, 11) is 0. The van der Waals surface area contributed by atoms with Crippen LogP contribution in [-0.4, -0.2) is 39.0 Å². The number of unbranched alkanes of at least 4 members (excludes halogenated alkanes) is 1. The second kappa shape index (κ2) is 13.3. The van der Waals surface area contributed by atoms with E-state index in [2.05, 4.69) is 9.97 Å². The van der Waals surface area contributed by atoms with Crippen LogP contribution in [-0.2, 0) is 27.2 Å². The number of aromatic amines is 1. The van der Waals surface area contributed by atoms with Crippen LogP contribution in [0.4, 0.5) is 0 Å². The minimum atomic E-state index is -1.07. The number of H-pyrrole nitrogens is 1. The quantitative estimate of drug-likeness (QED) is 0.177. The van der Waals surface area contributed by atoms with Gasteiger partial charge in [0.15, 0.2) is 0 Å². The standard InChI is InChI=1S/C30H39N3O4/c1-30(2,3)37-29(36)26(27(31)22-14-8-5-9-15-22)25(35)19-23(18-21-12-6-4-7-13-21)28-32-20-24(33-28)16-10-11-17-34/h4-9,12-15,17,20,23,25-27,35H,10-11,16,18-19,31H2,1-3H3,(H,32,33)/t23-,25+,26-,27?/m1/s1. The van der Waals surface area contributed by atoms with Crippen LogP contribution in [0.3, 0.4) is 0 Å². The molecule has 0 fully saturated rings. The monoisotopic (exact) mass is 505 g/mol. The third-order valence-electron chi connectivity index (χ3n) is 6.32. The number of carbonyl (C=O) groups is 2. The number of imidazole rings is 1. The van der Waals surface area contributed by atoms with Gasteiger partial charge in [0.05, 0.1) is 6.10 Å². The maximum absolute atomic E-state index is 13.3. The van der Waals surface area contributed by atoms with Crippen molar-refractivity contribution in [2.24, 2.45) is 11.7 Å². The van der Waals surface area contributed by atoms with Crippen LogP contribution in [0.25, 0.3) is 0 Å². The van der Waals surface area contributed by atoms with E-state index in [9.17, 15) is 14.7 Å². The maximum atomic E-state index is 13.3. The zero-order valence-electron chi connectivity index (χ0n) is 22.0. The summed E-state index contributed by atoms with van der Waals surface area (Å²) in [6.07, 6.45) is 4.47. The summed E-state index contributed by atoms with van der Waals surface area (Å²) in [6.45, 7) is 5.40. The molecule has 0 amide bonds. The lowest BCUT2D eigenvalue weighted by Crippen LogP contribution is -2.42. The van der Waals surface area contributed by atoms with Gasteiger partial charge in [0.25, 0.3) is 0 Å². The maximum Gasteiger partial charge on any atom is 0.314 e. The number of nitrogens with two attached hydrogens (primary N) is 1. The Balaban J connectivity index is 1.89. The first-order chi connectivity index (χ1) is 17.7. The highest BCUT2D eigenvalue weighted by Gasteiger charge is 2.38. The highest BCUT2D eigenvalue weighted by molar-refractivity contribution is 5.74. The zero-order chi connectivity index (χ0) is 26.8. The lowest BCUT2D eigenvalue weighted by molar-refractivity contribution is -0.165. The van der Waals surface area contributed by atoms with Crippen LogP contribution < -0.4 is 5.73 Å². The summed E-state index contributed by atoms with van der Waals surface area (Å²) < 4.78 is 5.70. The van der Waals surface area contributed by atoms with Gasteiger partial charge in [0.1, 0.15) is 23.6 Å². The third-order valence-corrected chi connectivity index (χ3v) is 6.32. The van der Waals surface area contributed by atoms with E-state index in [1.807, 2.05) is 60.7 Å². The molecule has 0 aliphatic rings. The Bertz CT molecular complexity index is 1110. The molecule has 0 aliphatic carbocycles. The summed E-state index contributed by atoms with van der Waals surface area (Å²) in [5.41, 5.74) is 8.66. The minimum Gasteiger partial charge on any atom is -0.460 e. The van der Waals surface area contributed by atoms with E-state index in [0.717, 1.165) is 35.4 Å². The topological polar surface area (TPSA) is 118 Å². The average Bonchev–Trinajstić information content (AvgIpc) is 3.33. The van der Waals surface area contributed by atoms with Gasteiger partial charge in [-0.15, -0.1) is 0 Å². The molecule has 4 atom stereocenters. The molecular weight excluding hydrogens is 466 g/mol. The number of benzene rings is 2. The van der Waals surface area contributed by atoms with Crippen molar-refractivity contribution in [3.05, 3.63) is 89.5 Å². The molecule has 7 heteroatoms. The zero-order valence-corrected chi connectivity index (χ0v) is 22.0. The number of hydrogen-bond acceptors (Lipinski definition) is 6. The third kappa shape index (κ3) is 8.65. The fourth-order valence-electron chi connectivity index (χ4n) is 4.51. The van der Waals surface area contributed by atoms with E-state index < -0.39 is 29.6 Å². The van der Waals surface area contributed by atoms with Crippen molar-refractivity contribution in [3.8, 4) is 0 Å². The van der Waals surface area contributed by atoms with E-state index in [4.69, 9.17) is 10.5 Å². The Morgan fingerprint density at radius 1 is 1.11 bits per heavy atom. The molecule has 0 aliphatic heterocycles. The van der Waals surface area contributed by atoms with E-state index in [-0.39, 0.29) is 12.3 Å². The smallest absolute Gasteiger partial charge is 0.314 e. The molecule has 0 spiro atoms. The Hall–Kier alpha value is -3.29. The number of hydrogen-bond donors (Lipinski definition) is 3. The number of nitrogens with zero attached hydrogens (tertiary/aromatic N) is 1. The van der Waals surface area contributed by atoms with E-state index >= 15 is 0 Å². The number of carbonyl (C=O) groups excluding carboxylic acids is 2. The fourth-order valence-corrected chi connectivity index (χ4v) is 4.51. The van der Waals surface area contributed by atoms with Crippen LogP contribution >= 0.6 is 0 Å². The molecule has 0 bridgehead atoms. The number of aryl methyl sites for hydroxylation is 1. The van der Waals surface area contributed by atoms with Crippen LogP contribution in [0.5, 0.6) is 0 Å². The first-order valence-electron chi connectivity index (χ1n) is 12.9. The lowest BCUT2D eigenvalue weighted by atomic mass is 9.83. The number of aliphatic hydroxyl groups is 1. The van der Waals surface area contributed by atoms with Crippen molar-refractivity contribution in [2.45, 2.75) is 76.5 Å². The van der Waals surface area contributed by atoms with Gasteiger partial charge in [-0.1, -0.05) is 60.7 Å². The Labute approximate surface area is 219 Å². The van der Waals surface area contributed by atoms with Crippen molar-refractivity contribution >= 4 is 12.3 Å².